The van der Waals surface area contributed by atoms with Crippen LogP contribution in [0.15, 0.2) is 40.7 Å². The Morgan fingerprint density at radius 3 is 2.63 bits per heavy atom. The summed E-state index contributed by atoms with van der Waals surface area (Å²) >= 11 is 1.41. The number of anilines is 1. The van der Waals surface area contributed by atoms with E-state index in [0.717, 1.165) is 24.0 Å². The molecule has 1 fully saturated rings. The fourth-order valence-electron chi connectivity index (χ4n) is 3.88. The Bertz CT molecular complexity index is 1320. The van der Waals surface area contributed by atoms with Gasteiger partial charge in [0.15, 0.2) is 5.01 Å². The summed E-state index contributed by atoms with van der Waals surface area (Å²) < 4.78 is 13.2. The van der Waals surface area contributed by atoms with E-state index in [1.54, 1.807) is 23.5 Å². The predicted molar refractivity (Wildman–Crippen MR) is 130 cm³/mol. The Morgan fingerprint density at radius 2 is 1.91 bits per heavy atom. The summed E-state index contributed by atoms with van der Waals surface area (Å²) in [5.41, 5.74) is 7.89. The molecule has 1 saturated heterocycles. The molecule has 0 atom stereocenters. The summed E-state index contributed by atoms with van der Waals surface area (Å²) in [4.78, 5) is 22.6. The SMILES string of the molecule is CC(C)(C)OC(=O)N1CCC(n2cc(-c3cnc(N)c(-c4nnc(-c5nccs5)o4)c3)cn2)CC1. The van der Waals surface area contributed by atoms with E-state index in [4.69, 9.17) is 14.9 Å². The minimum absolute atomic E-state index is 0.195. The largest absolute Gasteiger partial charge is 0.444 e. The Hall–Kier alpha value is -3.80. The number of aromatic nitrogens is 6. The molecule has 2 N–H and O–H groups in total. The smallest absolute Gasteiger partial charge is 0.410 e. The third kappa shape index (κ3) is 5.02. The number of nitrogens with two attached hydrogens (primary N) is 1. The van der Waals surface area contributed by atoms with Crippen molar-refractivity contribution in [3.05, 3.63) is 36.2 Å². The van der Waals surface area contributed by atoms with Crippen molar-refractivity contribution in [3.63, 3.8) is 0 Å². The quantitative estimate of drug-likeness (QED) is 0.440. The Balaban J connectivity index is 1.29. The van der Waals surface area contributed by atoms with E-state index >= 15 is 0 Å². The molecule has 0 bridgehead atoms. The average Bonchev–Trinajstić information content (AvgIpc) is 3.60. The molecule has 1 aliphatic rings. The van der Waals surface area contributed by atoms with E-state index in [1.807, 2.05) is 43.1 Å². The number of carbonyl (C=O) groups is 1. The van der Waals surface area contributed by atoms with E-state index < -0.39 is 5.60 Å². The van der Waals surface area contributed by atoms with Gasteiger partial charge in [-0.05, 0) is 39.7 Å². The molecular formula is C23H26N8O3S. The molecule has 12 heteroatoms. The first-order valence-electron chi connectivity index (χ1n) is 11.3. The van der Waals surface area contributed by atoms with Crippen LogP contribution in [0.4, 0.5) is 10.6 Å². The van der Waals surface area contributed by atoms with Gasteiger partial charge < -0.3 is 19.8 Å². The first kappa shape index (κ1) is 23.0. The van der Waals surface area contributed by atoms with Gasteiger partial charge in [0.05, 0.1) is 17.8 Å². The summed E-state index contributed by atoms with van der Waals surface area (Å²) in [7, 11) is 0. The normalized spacial score (nSPS) is 14.9. The number of hydrogen-bond donors (Lipinski definition) is 1. The first-order chi connectivity index (χ1) is 16.8. The van der Waals surface area contributed by atoms with Crippen molar-refractivity contribution >= 4 is 23.2 Å². The topological polar surface area (TPSA) is 138 Å². The number of pyridine rings is 1. The number of nitrogens with zero attached hydrogens (tertiary/aromatic N) is 7. The van der Waals surface area contributed by atoms with Crippen molar-refractivity contribution in [2.45, 2.75) is 45.3 Å². The standard InChI is InChI=1S/C23H26N8O3S/c1-23(2,3)34-22(32)30-7-4-16(5-8-30)31-13-15(12-27-31)14-10-17(18(24)26-11-14)19-28-29-20(33-19)21-25-6-9-35-21/h6,9-13,16H,4-5,7-8H2,1-3H3,(H2,24,26). The zero-order valence-electron chi connectivity index (χ0n) is 19.7. The van der Waals surface area contributed by atoms with Gasteiger partial charge in [-0.1, -0.05) is 0 Å². The lowest BCUT2D eigenvalue weighted by molar-refractivity contribution is 0.0185. The van der Waals surface area contributed by atoms with Crippen LogP contribution >= 0.6 is 11.3 Å². The van der Waals surface area contributed by atoms with Gasteiger partial charge in [-0.25, -0.2) is 14.8 Å². The zero-order chi connectivity index (χ0) is 24.6. The minimum atomic E-state index is -0.500. The second-order valence-corrected chi connectivity index (χ2v) is 10.2. The molecule has 11 nitrogen and oxygen atoms in total. The number of carbonyl (C=O) groups excluding carboxylic acids is 1. The van der Waals surface area contributed by atoms with E-state index in [9.17, 15) is 4.79 Å². The van der Waals surface area contributed by atoms with Crippen molar-refractivity contribution in [1.29, 1.82) is 0 Å². The maximum Gasteiger partial charge on any atom is 0.410 e. The summed E-state index contributed by atoms with van der Waals surface area (Å²) in [6, 6.07) is 2.06. The molecule has 4 aromatic rings. The fraction of sp³-hybridized carbons (Fsp3) is 0.391. The first-order valence-corrected chi connectivity index (χ1v) is 12.2. The molecule has 0 aliphatic carbocycles. The van der Waals surface area contributed by atoms with Crippen LogP contribution in [0.3, 0.4) is 0 Å². The number of likely N-dealkylation sites (tertiary alicyclic amines) is 1. The van der Waals surface area contributed by atoms with Crippen LogP contribution in [0.5, 0.6) is 0 Å². The minimum Gasteiger partial charge on any atom is -0.444 e. The number of ether oxygens (including phenoxy) is 1. The fourth-order valence-corrected chi connectivity index (χ4v) is 4.43. The van der Waals surface area contributed by atoms with E-state index in [1.165, 1.54) is 11.3 Å². The van der Waals surface area contributed by atoms with Gasteiger partial charge in [-0.3, -0.25) is 4.68 Å². The van der Waals surface area contributed by atoms with Crippen LogP contribution in [0.1, 0.15) is 39.7 Å². The number of rotatable bonds is 4. The van der Waals surface area contributed by atoms with Crippen molar-refractivity contribution in [3.8, 4) is 33.5 Å². The monoisotopic (exact) mass is 494 g/mol. The Morgan fingerprint density at radius 1 is 1.14 bits per heavy atom. The van der Waals surface area contributed by atoms with E-state index in [0.29, 0.717) is 35.4 Å². The molecule has 5 heterocycles. The van der Waals surface area contributed by atoms with Crippen LogP contribution in [-0.2, 0) is 4.74 Å². The third-order valence-corrected chi connectivity index (χ3v) is 6.38. The zero-order valence-corrected chi connectivity index (χ0v) is 20.5. The van der Waals surface area contributed by atoms with Gasteiger partial charge in [0.2, 0.25) is 0 Å². The van der Waals surface area contributed by atoms with E-state index in [-0.39, 0.29) is 18.0 Å². The number of piperidine rings is 1. The van der Waals surface area contributed by atoms with Gasteiger partial charge in [0, 0.05) is 48.2 Å². The highest BCUT2D eigenvalue weighted by atomic mass is 32.1. The second-order valence-electron chi connectivity index (χ2n) is 9.31. The summed E-state index contributed by atoms with van der Waals surface area (Å²) in [5.74, 6) is 0.916. The molecule has 182 valence electrons. The Labute approximate surface area is 206 Å². The van der Waals surface area contributed by atoms with Crippen LogP contribution in [0, 0.1) is 0 Å². The maximum atomic E-state index is 12.3. The van der Waals surface area contributed by atoms with Gasteiger partial charge in [0.1, 0.15) is 11.4 Å². The third-order valence-electron chi connectivity index (χ3n) is 5.61. The molecule has 1 aliphatic heterocycles. The molecule has 0 spiro atoms. The summed E-state index contributed by atoms with van der Waals surface area (Å²) in [6.07, 6.45) is 8.49. The van der Waals surface area contributed by atoms with Gasteiger partial charge >= 0.3 is 6.09 Å². The molecule has 0 radical (unpaired) electrons. The number of hydrogen-bond acceptors (Lipinski definition) is 10. The summed E-state index contributed by atoms with van der Waals surface area (Å²) in [5, 5.41) is 15.3. The molecule has 0 saturated carbocycles. The van der Waals surface area contributed by atoms with Gasteiger partial charge in [-0.15, -0.1) is 21.5 Å². The summed E-state index contributed by atoms with van der Waals surface area (Å²) in [6.45, 7) is 6.87. The lowest BCUT2D eigenvalue weighted by atomic mass is 10.1. The second kappa shape index (κ2) is 9.10. The number of thiazole rings is 1. The molecule has 4 aromatic heterocycles. The van der Waals surface area contributed by atoms with Crippen LogP contribution < -0.4 is 5.73 Å². The van der Waals surface area contributed by atoms with Gasteiger partial charge in [-0.2, -0.15) is 5.10 Å². The maximum absolute atomic E-state index is 12.3. The van der Waals surface area contributed by atoms with Crippen molar-refractivity contribution < 1.29 is 13.9 Å². The van der Waals surface area contributed by atoms with Gasteiger partial charge in [0.25, 0.3) is 11.8 Å². The highest BCUT2D eigenvalue weighted by Crippen LogP contribution is 2.32. The molecule has 0 unspecified atom stereocenters. The van der Waals surface area contributed by atoms with E-state index in [2.05, 4.69) is 25.3 Å². The Kier molecular flexibility index (Phi) is 5.97. The molecular weight excluding hydrogens is 468 g/mol. The van der Waals surface area contributed by atoms with Crippen LogP contribution in [-0.4, -0.2) is 59.6 Å². The molecule has 1 amide bonds. The lowest BCUT2D eigenvalue weighted by Gasteiger charge is -2.33. The van der Waals surface area contributed by atoms with Crippen molar-refractivity contribution in [2.24, 2.45) is 0 Å². The van der Waals surface area contributed by atoms with Crippen molar-refractivity contribution in [1.82, 2.24) is 34.8 Å². The number of amides is 1. The lowest BCUT2D eigenvalue weighted by Crippen LogP contribution is -2.42. The average molecular weight is 495 g/mol. The number of nitrogen functional groups attached to an aromatic ring is 1. The molecule has 35 heavy (non-hydrogen) atoms. The molecule has 0 aromatic carbocycles. The van der Waals surface area contributed by atoms with Crippen molar-refractivity contribution in [2.75, 3.05) is 18.8 Å². The highest BCUT2D eigenvalue weighted by Gasteiger charge is 2.28. The molecule has 5 rings (SSSR count). The highest BCUT2D eigenvalue weighted by molar-refractivity contribution is 7.12. The van der Waals surface area contributed by atoms with Crippen LogP contribution in [0.25, 0.3) is 33.5 Å². The predicted octanol–water partition coefficient (Wildman–Crippen LogP) is 4.27. The van der Waals surface area contributed by atoms with Crippen LogP contribution in [0.2, 0.25) is 0 Å².